The molecule has 0 radical (unpaired) electrons. The van der Waals surface area contributed by atoms with E-state index in [2.05, 4.69) is 20.4 Å². The van der Waals surface area contributed by atoms with E-state index in [1.807, 2.05) is 0 Å². The highest BCUT2D eigenvalue weighted by Crippen LogP contribution is 2.45. The number of pyridine rings is 1. The highest BCUT2D eigenvalue weighted by molar-refractivity contribution is 6.00. The van der Waals surface area contributed by atoms with Gasteiger partial charge in [0, 0.05) is 11.9 Å². The molecule has 4 N–H and O–H groups in total. The van der Waals surface area contributed by atoms with Gasteiger partial charge in [0.15, 0.2) is 11.3 Å². The van der Waals surface area contributed by atoms with Gasteiger partial charge in [-0.25, -0.2) is 9.78 Å². The number of aromatic nitrogens is 1. The third-order valence-electron chi connectivity index (χ3n) is 4.97. The van der Waals surface area contributed by atoms with Crippen molar-refractivity contribution < 1.29 is 42.1 Å². The number of aromatic hydroxyl groups is 2. The van der Waals surface area contributed by atoms with Crippen LogP contribution in [0.25, 0.3) is 11.0 Å². The van der Waals surface area contributed by atoms with Crippen LogP contribution in [0.4, 0.5) is 29.3 Å². The molecule has 0 aliphatic carbocycles. The van der Waals surface area contributed by atoms with E-state index < -0.39 is 29.8 Å². The van der Waals surface area contributed by atoms with Crippen LogP contribution in [-0.2, 0) is 0 Å². The molecular weight excluding hydrogens is 471 g/mol. The highest BCUT2D eigenvalue weighted by Gasteiger charge is 2.31. The number of benzene rings is 2. The highest BCUT2D eigenvalue weighted by atomic mass is 19.4. The summed E-state index contributed by atoms with van der Waals surface area (Å²) in [7, 11) is 0. The van der Waals surface area contributed by atoms with E-state index in [1.54, 1.807) is 26.0 Å². The Labute approximate surface area is 195 Å². The van der Waals surface area contributed by atoms with E-state index in [9.17, 15) is 28.2 Å². The summed E-state index contributed by atoms with van der Waals surface area (Å²) in [5, 5.41) is 25.3. The van der Waals surface area contributed by atoms with Crippen LogP contribution < -0.4 is 20.1 Å². The molecule has 0 saturated carbocycles. The van der Waals surface area contributed by atoms with Gasteiger partial charge >= 0.3 is 18.3 Å². The molecule has 0 unspecified atom stereocenters. The molecule has 2 aromatic carbocycles. The van der Waals surface area contributed by atoms with Gasteiger partial charge in [-0.05, 0) is 67.4 Å². The zero-order valence-electron chi connectivity index (χ0n) is 18.2. The van der Waals surface area contributed by atoms with Gasteiger partial charge < -0.3 is 34.7 Å². The predicted molar refractivity (Wildman–Crippen MR) is 119 cm³/mol. The molecule has 2 aromatic heterocycles. The Balaban J connectivity index is 1.53. The molecule has 2 amide bonds. The number of nitrogens with one attached hydrogen (secondary N) is 2. The van der Waals surface area contributed by atoms with E-state index in [0.717, 1.165) is 17.7 Å². The van der Waals surface area contributed by atoms with E-state index in [-0.39, 0.29) is 34.0 Å². The molecule has 4 aromatic rings. The number of nitrogens with zero attached hydrogens (tertiary/aromatic N) is 1. The smallest absolute Gasteiger partial charge is 0.501 e. The van der Waals surface area contributed by atoms with Gasteiger partial charge in [-0.15, -0.1) is 13.2 Å². The van der Waals surface area contributed by atoms with Crippen molar-refractivity contribution >= 4 is 28.4 Å². The van der Waals surface area contributed by atoms with Crippen molar-refractivity contribution in [3.63, 3.8) is 0 Å². The number of amides is 2. The molecule has 0 saturated heterocycles. The van der Waals surface area contributed by atoms with Gasteiger partial charge in [-0.3, -0.25) is 0 Å². The lowest BCUT2D eigenvalue weighted by atomic mass is 10.0. The van der Waals surface area contributed by atoms with Crippen molar-refractivity contribution in [2.75, 3.05) is 10.6 Å². The maximum absolute atomic E-state index is 12.5. The third-order valence-corrected chi connectivity index (χ3v) is 4.97. The van der Waals surface area contributed by atoms with Crippen LogP contribution >= 0.6 is 0 Å². The number of aryl methyl sites for hydroxylation is 2. The number of alkyl halides is 3. The summed E-state index contributed by atoms with van der Waals surface area (Å²) in [6.07, 6.45) is -3.40. The Hall–Kier alpha value is -4.61. The Morgan fingerprint density at radius 1 is 1.09 bits per heavy atom. The number of rotatable bonds is 5. The zero-order chi connectivity index (χ0) is 25.3. The monoisotopic (exact) mass is 489 g/mol. The van der Waals surface area contributed by atoms with Crippen LogP contribution in [0.2, 0.25) is 0 Å². The first-order valence-electron chi connectivity index (χ1n) is 10.0. The molecule has 12 heteroatoms. The largest absolute Gasteiger partial charge is 0.573 e. The summed E-state index contributed by atoms with van der Waals surface area (Å²) in [5.41, 5.74) is 1.88. The molecule has 0 fully saturated rings. The molecule has 0 spiro atoms. The van der Waals surface area contributed by atoms with Gasteiger partial charge in [-0.2, -0.15) is 0 Å². The second-order valence-electron chi connectivity index (χ2n) is 7.39. The standard InChI is InChI=1S/C23H18F3N3O6/c1-11-10-16(19-17(12(11)2)18(30)21(31)34-19)33-20-15(4-3-9-27-20)29-22(32)28-13-5-7-14(8-6-13)35-23(24,25)26/h3-10,30-31H,1-2H3,(H2,28,29,32). The Morgan fingerprint density at radius 3 is 2.49 bits per heavy atom. The summed E-state index contributed by atoms with van der Waals surface area (Å²) in [4.78, 5) is 16.6. The van der Waals surface area contributed by atoms with Gasteiger partial charge in [0.05, 0.1) is 5.39 Å². The fraction of sp³-hybridized carbons (Fsp3) is 0.130. The number of carbonyl (C=O) groups is 1. The molecule has 182 valence electrons. The van der Waals surface area contributed by atoms with Crippen molar-refractivity contribution in [1.29, 1.82) is 0 Å². The second kappa shape index (κ2) is 8.97. The topological polar surface area (TPSA) is 126 Å². The lowest BCUT2D eigenvalue weighted by molar-refractivity contribution is -0.274. The Bertz CT molecular complexity index is 1400. The number of ether oxygens (including phenoxy) is 2. The van der Waals surface area contributed by atoms with Crippen molar-refractivity contribution in [3.05, 3.63) is 59.8 Å². The van der Waals surface area contributed by atoms with Gasteiger partial charge in [0.1, 0.15) is 11.4 Å². The average molecular weight is 489 g/mol. The van der Waals surface area contributed by atoms with Crippen molar-refractivity contribution in [2.45, 2.75) is 20.2 Å². The molecule has 2 heterocycles. The van der Waals surface area contributed by atoms with Crippen molar-refractivity contribution in [2.24, 2.45) is 0 Å². The number of anilines is 2. The summed E-state index contributed by atoms with van der Waals surface area (Å²) in [6, 6.07) is 8.56. The normalized spacial score (nSPS) is 11.3. The summed E-state index contributed by atoms with van der Waals surface area (Å²) in [5.74, 6) is -1.39. The summed E-state index contributed by atoms with van der Waals surface area (Å²) in [6.45, 7) is 3.52. The molecule has 0 atom stereocenters. The first kappa shape index (κ1) is 23.5. The molecule has 0 bridgehead atoms. The minimum atomic E-state index is -4.82. The van der Waals surface area contributed by atoms with Crippen LogP contribution in [0.1, 0.15) is 11.1 Å². The number of carbonyl (C=O) groups excluding carboxylic acids is 1. The van der Waals surface area contributed by atoms with E-state index >= 15 is 0 Å². The molecular formula is C23H18F3N3O6. The molecule has 0 aliphatic rings. The summed E-state index contributed by atoms with van der Waals surface area (Å²) < 4.78 is 51.8. The number of urea groups is 1. The Kier molecular flexibility index (Phi) is 6.03. The van der Waals surface area contributed by atoms with Crippen LogP contribution in [0, 0.1) is 13.8 Å². The fourth-order valence-corrected chi connectivity index (χ4v) is 3.27. The lowest BCUT2D eigenvalue weighted by Gasteiger charge is -2.13. The number of halogens is 3. The van der Waals surface area contributed by atoms with E-state index in [1.165, 1.54) is 24.4 Å². The zero-order valence-corrected chi connectivity index (χ0v) is 18.2. The fourth-order valence-electron chi connectivity index (χ4n) is 3.27. The molecule has 9 nitrogen and oxygen atoms in total. The second-order valence-corrected chi connectivity index (χ2v) is 7.39. The first-order chi connectivity index (χ1) is 16.5. The van der Waals surface area contributed by atoms with E-state index in [0.29, 0.717) is 5.56 Å². The van der Waals surface area contributed by atoms with Crippen LogP contribution in [0.3, 0.4) is 0 Å². The molecule has 4 rings (SSSR count). The lowest BCUT2D eigenvalue weighted by Crippen LogP contribution is -2.20. The minimum Gasteiger partial charge on any atom is -0.501 e. The van der Waals surface area contributed by atoms with Gasteiger partial charge in [0.25, 0.3) is 0 Å². The predicted octanol–water partition coefficient (Wildman–Crippen LogP) is 6.19. The Morgan fingerprint density at radius 2 is 1.80 bits per heavy atom. The van der Waals surface area contributed by atoms with Gasteiger partial charge in [0.2, 0.25) is 11.6 Å². The average Bonchev–Trinajstić information content (AvgIpc) is 3.08. The molecule has 0 aliphatic heterocycles. The van der Waals surface area contributed by atoms with Crippen LogP contribution in [0.15, 0.2) is 53.1 Å². The quantitative estimate of drug-likeness (QED) is 0.263. The van der Waals surface area contributed by atoms with Crippen molar-refractivity contribution in [3.8, 4) is 29.1 Å². The third kappa shape index (κ3) is 5.16. The maximum atomic E-state index is 12.5. The summed E-state index contributed by atoms with van der Waals surface area (Å²) >= 11 is 0. The van der Waals surface area contributed by atoms with Crippen LogP contribution in [-0.4, -0.2) is 27.6 Å². The number of fused-ring (bicyclic) bond motifs is 1. The minimum absolute atomic E-state index is 0.0171. The first-order valence-corrected chi connectivity index (χ1v) is 10.0. The SMILES string of the molecule is Cc1cc(Oc2ncccc2NC(=O)Nc2ccc(OC(F)(F)F)cc2)c2oc(O)c(O)c2c1C. The number of furan rings is 1. The van der Waals surface area contributed by atoms with E-state index in [4.69, 9.17) is 9.15 Å². The van der Waals surface area contributed by atoms with Gasteiger partial charge in [-0.1, -0.05) is 0 Å². The maximum Gasteiger partial charge on any atom is 0.573 e. The number of hydrogen-bond donors (Lipinski definition) is 4. The molecule has 35 heavy (non-hydrogen) atoms. The van der Waals surface area contributed by atoms with Crippen LogP contribution in [0.5, 0.6) is 29.1 Å². The van der Waals surface area contributed by atoms with Crippen molar-refractivity contribution in [1.82, 2.24) is 4.98 Å². The number of hydrogen-bond acceptors (Lipinski definition) is 7.